The Morgan fingerprint density at radius 3 is 2.72 bits per heavy atom. The first-order chi connectivity index (χ1) is 12.1. The standard InChI is InChI=1S/C20H18ClNO3/c1-3-4-15-16-11-12(21)5-10-17(16)25-19-18(15)22(20(19)23)13-6-8-14(24-2)9-7-13/h3,5-11,15,18-19H,1,4H2,2H3/t15-,18+,19-/m0/s1. The largest absolute Gasteiger partial charge is 0.497 e. The van der Waals surface area contributed by atoms with Crippen LogP contribution in [0.4, 0.5) is 5.69 Å². The molecule has 0 N–H and O–H groups in total. The summed E-state index contributed by atoms with van der Waals surface area (Å²) < 4.78 is 11.2. The zero-order chi connectivity index (χ0) is 17.6. The van der Waals surface area contributed by atoms with E-state index in [0.717, 1.165) is 29.2 Å². The molecule has 1 fully saturated rings. The Kier molecular flexibility index (Phi) is 3.92. The van der Waals surface area contributed by atoms with E-state index in [4.69, 9.17) is 21.1 Å². The number of halogens is 1. The third kappa shape index (κ3) is 2.48. The first-order valence-electron chi connectivity index (χ1n) is 8.18. The van der Waals surface area contributed by atoms with Crippen LogP contribution in [0.2, 0.25) is 5.02 Å². The minimum Gasteiger partial charge on any atom is -0.497 e. The van der Waals surface area contributed by atoms with Gasteiger partial charge in [0.15, 0.2) is 6.10 Å². The van der Waals surface area contributed by atoms with Gasteiger partial charge in [-0.25, -0.2) is 0 Å². The summed E-state index contributed by atoms with van der Waals surface area (Å²) in [5, 5.41) is 0.663. The number of anilines is 1. The van der Waals surface area contributed by atoms with Gasteiger partial charge in [0.2, 0.25) is 0 Å². The topological polar surface area (TPSA) is 38.8 Å². The van der Waals surface area contributed by atoms with Gasteiger partial charge in [-0.15, -0.1) is 6.58 Å². The highest BCUT2D eigenvalue weighted by Gasteiger charge is 2.56. The fourth-order valence-electron chi connectivity index (χ4n) is 3.72. The van der Waals surface area contributed by atoms with Crippen LogP contribution >= 0.6 is 11.6 Å². The lowest BCUT2D eigenvalue weighted by Crippen LogP contribution is -2.70. The molecule has 0 saturated carbocycles. The molecule has 3 atom stereocenters. The predicted octanol–water partition coefficient (Wildman–Crippen LogP) is 4.18. The van der Waals surface area contributed by atoms with E-state index in [-0.39, 0.29) is 17.9 Å². The number of amides is 1. The molecule has 0 spiro atoms. The molecule has 4 nitrogen and oxygen atoms in total. The Bertz CT molecular complexity index is 833. The second-order valence-corrected chi connectivity index (χ2v) is 6.68. The number of carbonyl (C=O) groups is 1. The lowest BCUT2D eigenvalue weighted by molar-refractivity contribution is -0.136. The lowest BCUT2D eigenvalue weighted by atomic mass is 9.76. The summed E-state index contributed by atoms with van der Waals surface area (Å²) in [5.74, 6) is 1.57. The highest BCUT2D eigenvalue weighted by molar-refractivity contribution is 6.30. The van der Waals surface area contributed by atoms with Gasteiger partial charge in [-0.1, -0.05) is 17.7 Å². The molecule has 4 rings (SSSR count). The number of fused-ring (bicyclic) bond motifs is 2. The average molecular weight is 356 g/mol. The second kappa shape index (κ2) is 6.12. The van der Waals surface area contributed by atoms with Crippen molar-refractivity contribution < 1.29 is 14.3 Å². The smallest absolute Gasteiger partial charge is 0.270 e. The summed E-state index contributed by atoms with van der Waals surface area (Å²) in [4.78, 5) is 14.5. The number of rotatable bonds is 4. The van der Waals surface area contributed by atoms with Gasteiger partial charge in [0, 0.05) is 22.2 Å². The van der Waals surface area contributed by atoms with Crippen LogP contribution in [0, 0.1) is 0 Å². The molecule has 1 saturated heterocycles. The number of methoxy groups -OCH3 is 1. The molecule has 0 radical (unpaired) electrons. The van der Waals surface area contributed by atoms with Gasteiger partial charge in [0.25, 0.3) is 5.91 Å². The van der Waals surface area contributed by atoms with Crippen molar-refractivity contribution in [2.75, 3.05) is 12.0 Å². The Hall–Kier alpha value is -2.46. The van der Waals surface area contributed by atoms with Crippen molar-refractivity contribution in [3.8, 4) is 11.5 Å². The zero-order valence-electron chi connectivity index (χ0n) is 13.8. The summed E-state index contributed by atoms with van der Waals surface area (Å²) in [6.07, 6.45) is 2.17. The van der Waals surface area contributed by atoms with Crippen molar-refractivity contribution in [2.24, 2.45) is 0 Å². The number of hydrogen-bond donors (Lipinski definition) is 0. The number of benzene rings is 2. The predicted molar refractivity (Wildman–Crippen MR) is 97.7 cm³/mol. The van der Waals surface area contributed by atoms with Crippen molar-refractivity contribution in [3.63, 3.8) is 0 Å². The summed E-state index contributed by atoms with van der Waals surface area (Å²) in [7, 11) is 1.62. The molecule has 1 amide bonds. The minimum absolute atomic E-state index is 0.0233. The van der Waals surface area contributed by atoms with Crippen LogP contribution in [0.1, 0.15) is 17.9 Å². The number of nitrogens with zero attached hydrogens (tertiary/aromatic N) is 1. The van der Waals surface area contributed by atoms with E-state index in [0.29, 0.717) is 5.02 Å². The van der Waals surface area contributed by atoms with Crippen LogP contribution in [-0.4, -0.2) is 25.2 Å². The summed E-state index contributed by atoms with van der Waals surface area (Å²) in [6, 6.07) is 13.0. The van der Waals surface area contributed by atoms with Gasteiger partial charge >= 0.3 is 0 Å². The van der Waals surface area contributed by atoms with Crippen molar-refractivity contribution in [2.45, 2.75) is 24.5 Å². The summed E-state index contributed by atoms with van der Waals surface area (Å²) >= 11 is 6.18. The first kappa shape index (κ1) is 16.0. The van der Waals surface area contributed by atoms with Gasteiger partial charge in [-0.2, -0.15) is 0 Å². The number of β-lactam (4-membered cyclic amide) rings is 1. The second-order valence-electron chi connectivity index (χ2n) is 6.25. The highest BCUT2D eigenvalue weighted by Crippen LogP contribution is 2.48. The van der Waals surface area contributed by atoms with E-state index in [1.165, 1.54) is 0 Å². The van der Waals surface area contributed by atoms with Crippen LogP contribution in [-0.2, 0) is 4.79 Å². The SMILES string of the molecule is C=CC[C@H]1c2cc(Cl)ccc2O[C@@H]2C(=O)N(c3ccc(OC)cc3)[C@@H]21. The Labute approximate surface area is 151 Å². The Balaban J connectivity index is 1.73. The van der Waals surface area contributed by atoms with Crippen molar-refractivity contribution in [3.05, 3.63) is 65.7 Å². The van der Waals surface area contributed by atoms with E-state index in [9.17, 15) is 4.79 Å². The molecule has 2 heterocycles. The zero-order valence-corrected chi connectivity index (χ0v) is 14.6. The maximum absolute atomic E-state index is 12.7. The minimum atomic E-state index is -0.458. The summed E-state index contributed by atoms with van der Waals surface area (Å²) in [6.45, 7) is 3.88. The molecular weight excluding hydrogens is 338 g/mol. The third-order valence-corrected chi connectivity index (χ3v) is 5.13. The third-order valence-electron chi connectivity index (χ3n) is 4.90. The summed E-state index contributed by atoms with van der Waals surface area (Å²) in [5.41, 5.74) is 1.87. The van der Waals surface area contributed by atoms with Crippen LogP contribution in [0.3, 0.4) is 0 Å². The van der Waals surface area contributed by atoms with E-state index in [1.807, 2.05) is 47.4 Å². The molecule has 128 valence electrons. The Morgan fingerprint density at radius 2 is 2.04 bits per heavy atom. The van der Waals surface area contributed by atoms with Crippen LogP contribution in [0.5, 0.6) is 11.5 Å². The first-order valence-corrected chi connectivity index (χ1v) is 8.56. The van der Waals surface area contributed by atoms with Crippen LogP contribution in [0.25, 0.3) is 0 Å². The quantitative estimate of drug-likeness (QED) is 0.610. The van der Waals surface area contributed by atoms with Crippen molar-refractivity contribution in [1.82, 2.24) is 0 Å². The fourth-order valence-corrected chi connectivity index (χ4v) is 3.90. The number of hydrogen-bond acceptors (Lipinski definition) is 3. The van der Waals surface area contributed by atoms with Crippen molar-refractivity contribution >= 4 is 23.2 Å². The molecule has 0 bridgehead atoms. The lowest BCUT2D eigenvalue weighted by Gasteiger charge is -2.52. The van der Waals surface area contributed by atoms with Gasteiger partial charge in [-0.05, 0) is 48.9 Å². The van der Waals surface area contributed by atoms with Gasteiger partial charge in [-0.3, -0.25) is 4.79 Å². The van der Waals surface area contributed by atoms with E-state index in [2.05, 4.69) is 6.58 Å². The van der Waals surface area contributed by atoms with Gasteiger partial charge in [0.1, 0.15) is 11.5 Å². The molecule has 2 aromatic carbocycles. The van der Waals surface area contributed by atoms with Crippen LogP contribution < -0.4 is 14.4 Å². The maximum Gasteiger partial charge on any atom is 0.270 e. The van der Waals surface area contributed by atoms with Crippen LogP contribution in [0.15, 0.2) is 55.1 Å². The van der Waals surface area contributed by atoms with Gasteiger partial charge < -0.3 is 14.4 Å². The monoisotopic (exact) mass is 355 g/mol. The molecule has 2 aliphatic rings. The molecule has 25 heavy (non-hydrogen) atoms. The maximum atomic E-state index is 12.7. The molecule has 5 heteroatoms. The molecule has 2 aromatic rings. The molecule has 0 aromatic heterocycles. The van der Waals surface area contributed by atoms with E-state index < -0.39 is 6.10 Å². The number of carbonyl (C=O) groups excluding carboxylic acids is 1. The Morgan fingerprint density at radius 1 is 1.28 bits per heavy atom. The average Bonchev–Trinajstić information content (AvgIpc) is 2.63. The molecule has 2 aliphatic heterocycles. The number of ether oxygens (including phenoxy) is 2. The molecule has 0 aliphatic carbocycles. The highest BCUT2D eigenvalue weighted by atomic mass is 35.5. The van der Waals surface area contributed by atoms with Crippen molar-refractivity contribution in [1.29, 1.82) is 0 Å². The fraction of sp³-hybridized carbons (Fsp3) is 0.250. The van der Waals surface area contributed by atoms with E-state index in [1.54, 1.807) is 13.2 Å². The molecule has 0 unspecified atom stereocenters. The molecular formula is C20H18ClNO3. The normalized spacial score (nSPS) is 23.8. The number of allylic oxidation sites excluding steroid dienone is 1. The van der Waals surface area contributed by atoms with E-state index >= 15 is 0 Å². The van der Waals surface area contributed by atoms with Gasteiger partial charge in [0.05, 0.1) is 13.2 Å².